The molecule has 0 aromatic heterocycles. The molecule has 0 saturated heterocycles. The Labute approximate surface area is 152 Å². The van der Waals surface area contributed by atoms with E-state index in [9.17, 15) is 9.18 Å². The molecule has 0 spiro atoms. The SMILES string of the molecule is CCN(CC)CCOc1ccccc1NC(=O)c1ccc(F)cc1Cl. The fraction of sp³-hybridized carbons (Fsp3) is 0.316. The van der Waals surface area contributed by atoms with E-state index in [1.165, 1.54) is 12.1 Å². The topological polar surface area (TPSA) is 41.6 Å². The number of likely N-dealkylation sites (N-methyl/N-ethyl adjacent to an activating group) is 1. The summed E-state index contributed by atoms with van der Waals surface area (Å²) >= 11 is 5.94. The number of hydrogen-bond acceptors (Lipinski definition) is 3. The van der Waals surface area contributed by atoms with Gasteiger partial charge in [0, 0.05) is 6.54 Å². The van der Waals surface area contributed by atoms with Gasteiger partial charge in [-0.05, 0) is 43.4 Å². The Morgan fingerprint density at radius 1 is 1.20 bits per heavy atom. The first-order chi connectivity index (χ1) is 12.0. The highest BCUT2D eigenvalue weighted by Gasteiger charge is 2.13. The van der Waals surface area contributed by atoms with Crippen molar-refractivity contribution in [2.45, 2.75) is 13.8 Å². The standard InChI is InChI=1S/C19H22ClFN2O2/c1-3-23(4-2)11-12-25-18-8-6-5-7-17(18)22-19(24)15-10-9-14(21)13-16(15)20/h5-10,13H,3-4,11-12H2,1-2H3,(H,22,24). The molecule has 0 saturated carbocycles. The maximum Gasteiger partial charge on any atom is 0.257 e. The molecule has 2 rings (SSSR count). The molecule has 25 heavy (non-hydrogen) atoms. The van der Waals surface area contributed by atoms with Gasteiger partial charge in [-0.2, -0.15) is 0 Å². The van der Waals surface area contributed by atoms with Crippen LogP contribution in [-0.4, -0.2) is 37.0 Å². The molecular formula is C19H22ClFN2O2. The zero-order chi connectivity index (χ0) is 18.2. The van der Waals surface area contributed by atoms with Crippen molar-refractivity contribution in [3.05, 3.63) is 58.9 Å². The largest absolute Gasteiger partial charge is 0.490 e. The number of amides is 1. The first-order valence-corrected chi connectivity index (χ1v) is 8.63. The van der Waals surface area contributed by atoms with Crippen molar-refractivity contribution in [1.82, 2.24) is 4.90 Å². The fourth-order valence-corrected chi connectivity index (χ4v) is 2.64. The van der Waals surface area contributed by atoms with Crippen molar-refractivity contribution in [2.24, 2.45) is 0 Å². The molecule has 0 aliphatic rings. The van der Waals surface area contributed by atoms with Crippen molar-refractivity contribution in [2.75, 3.05) is 31.6 Å². The van der Waals surface area contributed by atoms with Gasteiger partial charge in [0.2, 0.25) is 0 Å². The Bertz CT molecular complexity index is 720. The fourth-order valence-electron chi connectivity index (χ4n) is 2.38. The quantitative estimate of drug-likeness (QED) is 0.752. The van der Waals surface area contributed by atoms with Gasteiger partial charge in [-0.15, -0.1) is 0 Å². The molecule has 4 nitrogen and oxygen atoms in total. The minimum Gasteiger partial charge on any atom is -0.490 e. The lowest BCUT2D eigenvalue weighted by Crippen LogP contribution is -2.28. The van der Waals surface area contributed by atoms with Crippen LogP contribution in [0.1, 0.15) is 24.2 Å². The van der Waals surface area contributed by atoms with Crippen molar-refractivity contribution in [3.8, 4) is 5.75 Å². The maximum atomic E-state index is 13.1. The van der Waals surface area contributed by atoms with Crippen LogP contribution in [0, 0.1) is 5.82 Å². The highest BCUT2D eigenvalue weighted by molar-refractivity contribution is 6.34. The van der Waals surface area contributed by atoms with E-state index >= 15 is 0 Å². The van der Waals surface area contributed by atoms with Gasteiger partial charge in [-0.3, -0.25) is 4.79 Å². The van der Waals surface area contributed by atoms with Crippen LogP contribution < -0.4 is 10.1 Å². The predicted molar refractivity (Wildman–Crippen MR) is 99.1 cm³/mol. The predicted octanol–water partition coefficient (Wildman–Crippen LogP) is 4.45. The third kappa shape index (κ3) is 5.44. The molecule has 1 N–H and O–H groups in total. The Morgan fingerprint density at radius 2 is 1.92 bits per heavy atom. The second-order valence-electron chi connectivity index (χ2n) is 5.45. The van der Waals surface area contributed by atoms with E-state index in [2.05, 4.69) is 24.1 Å². The van der Waals surface area contributed by atoms with Crippen LogP contribution in [-0.2, 0) is 0 Å². The van der Waals surface area contributed by atoms with Gasteiger partial charge in [-0.25, -0.2) is 4.39 Å². The van der Waals surface area contributed by atoms with Crippen LogP contribution in [0.5, 0.6) is 5.75 Å². The highest BCUT2D eigenvalue weighted by atomic mass is 35.5. The zero-order valence-electron chi connectivity index (χ0n) is 14.4. The molecule has 0 fully saturated rings. The summed E-state index contributed by atoms with van der Waals surface area (Å²) in [5.74, 6) is -0.312. The monoisotopic (exact) mass is 364 g/mol. The molecule has 0 aliphatic heterocycles. The number of hydrogen-bond donors (Lipinski definition) is 1. The van der Waals surface area contributed by atoms with E-state index < -0.39 is 11.7 Å². The number of para-hydroxylation sites is 2. The van der Waals surface area contributed by atoms with Gasteiger partial charge in [0.15, 0.2) is 0 Å². The number of benzene rings is 2. The van der Waals surface area contributed by atoms with Crippen LogP contribution in [0.2, 0.25) is 5.02 Å². The van der Waals surface area contributed by atoms with Gasteiger partial charge >= 0.3 is 0 Å². The third-order valence-corrected chi connectivity index (χ3v) is 4.18. The van der Waals surface area contributed by atoms with Crippen molar-refractivity contribution >= 4 is 23.2 Å². The molecular weight excluding hydrogens is 343 g/mol. The molecule has 134 valence electrons. The molecule has 0 aliphatic carbocycles. The first-order valence-electron chi connectivity index (χ1n) is 8.25. The van der Waals surface area contributed by atoms with Gasteiger partial charge in [0.25, 0.3) is 5.91 Å². The van der Waals surface area contributed by atoms with Gasteiger partial charge in [-0.1, -0.05) is 37.6 Å². The van der Waals surface area contributed by atoms with Crippen LogP contribution in [0.15, 0.2) is 42.5 Å². The minimum atomic E-state index is -0.485. The summed E-state index contributed by atoms with van der Waals surface area (Å²) in [5, 5.41) is 2.84. The summed E-state index contributed by atoms with van der Waals surface area (Å²) in [4.78, 5) is 14.6. The second kappa shape index (κ2) is 9.39. The number of anilines is 1. The van der Waals surface area contributed by atoms with E-state index in [1.54, 1.807) is 18.2 Å². The van der Waals surface area contributed by atoms with Crippen LogP contribution >= 0.6 is 11.6 Å². The lowest BCUT2D eigenvalue weighted by atomic mass is 10.2. The lowest BCUT2D eigenvalue weighted by Gasteiger charge is -2.19. The number of nitrogens with one attached hydrogen (secondary N) is 1. The molecule has 2 aromatic rings. The lowest BCUT2D eigenvalue weighted by molar-refractivity contribution is 0.102. The highest BCUT2D eigenvalue weighted by Crippen LogP contribution is 2.26. The maximum absolute atomic E-state index is 13.1. The van der Waals surface area contributed by atoms with Gasteiger partial charge in [0.1, 0.15) is 18.2 Å². The molecule has 0 bridgehead atoms. The summed E-state index contributed by atoms with van der Waals surface area (Å²) in [6, 6.07) is 10.9. The van der Waals surface area contributed by atoms with Crippen LogP contribution in [0.3, 0.4) is 0 Å². The van der Waals surface area contributed by atoms with Crippen molar-refractivity contribution in [3.63, 3.8) is 0 Å². The van der Waals surface area contributed by atoms with E-state index in [1.807, 2.05) is 6.07 Å². The van der Waals surface area contributed by atoms with Crippen LogP contribution in [0.4, 0.5) is 10.1 Å². The smallest absolute Gasteiger partial charge is 0.257 e. The van der Waals surface area contributed by atoms with Gasteiger partial charge < -0.3 is 15.0 Å². The number of rotatable bonds is 8. The summed E-state index contributed by atoms with van der Waals surface area (Å²) in [7, 11) is 0. The number of ether oxygens (including phenoxy) is 1. The molecule has 0 unspecified atom stereocenters. The number of nitrogens with zero attached hydrogens (tertiary/aromatic N) is 1. The Kier molecular flexibility index (Phi) is 7.22. The molecule has 0 atom stereocenters. The first kappa shape index (κ1) is 19.2. The minimum absolute atomic E-state index is 0.0671. The van der Waals surface area contributed by atoms with E-state index in [0.29, 0.717) is 18.0 Å². The molecule has 1 amide bonds. The number of carbonyl (C=O) groups excluding carboxylic acids is 1. The normalized spacial score (nSPS) is 10.8. The average Bonchev–Trinajstić information content (AvgIpc) is 2.60. The summed E-state index contributed by atoms with van der Waals surface area (Å²) in [6.45, 7) is 7.45. The number of carbonyl (C=O) groups is 1. The zero-order valence-corrected chi connectivity index (χ0v) is 15.1. The Balaban J connectivity index is 2.05. The number of halogens is 2. The van der Waals surface area contributed by atoms with E-state index in [0.717, 1.165) is 25.7 Å². The molecule has 0 radical (unpaired) electrons. The van der Waals surface area contributed by atoms with Gasteiger partial charge in [0.05, 0.1) is 16.3 Å². The molecule has 6 heteroatoms. The van der Waals surface area contributed by atoms with Crippen LogP contribution in [0.25, 0.3) is 0 Å². The third-order valence-electron chi connectivity index (χ3n) is 3.87. The molecule has 2 aromatic carbocycles. The molecule has 0 heterocycles. The Morgan fingerprint density at radius 3 is 2.60 bits per heavy atom. The van der Waals surface area contributed by atoms with E-state index in [4.69, 9.17) is 16.3 Å². The summed E-state index contributed by atoms with van der Waals surface area (Å²) in [6.07, 6.45) is 0. The summed E-state index contributed by atoms with van der Waals surface area (Å²) < 4.78 is 18.9. The Hall–Kier alpha value is -2.11. The van der Waals surface area contributed by atoms with Crippen molar-refractivity contribution < 1.29 is 13.9 Å². The van der Waals surface area contributed by atoms with Crippen molar-refractivity contribution in [1.29, 1.82) is 0 Å². The average molecular weight is 365 g/mol. The van der Waals surface area contributed by atoms with E-state index in [-0.39, 0.29) is 10.6 Å². The second-order valence-corrected chi connectivity index (χ2v) is 5.86. The summed E-state index contributed by atoms with van der Waals surface area (Å²) in [5.41, 5.74) is 0.758.